The van der Waals surface area contributed by atoms with Gasteiger partial charge >= 0.3 is 12.4 Å². The van der Waals surface area contributed by atoms with E-state index in [9.17, 15) is 26.3 Å². The van der Waals surface area contributed by atoms with E-state index in [0.29, 0.717) is 32.4 Å². The molecule has 3 rings (SSSR count). The van der Waals surface area contributed by atoms with Gasteiger partial charge in [-0.05, 0) is 24.3 Å². The maximum atomic E-state index is 13.1. The highest BCUT2D eigenvalue weighted by Gasteiger charge is 2.34. The van der Waals surface area contributed by atoms with Gasteiger partial charge in [-0.3, -0.25) is 0 Å². The van der Waals surface area contributed by atoms with Gasteiger partial charge < -0.3 is 15.0 Å². The minimum atomic E-state index is -4.70. The van der Waals surface area contributed by atoms with Crippen molar-refractivity contribution in [2.75, 3.05) is 38.3 Å². The van der Waals surface area contributed by atoms with Crippen molar-refractivity contribution in [1.29, 1.82) is 0 Å². The number of nitrogens with zero attached hydrogens (tertiary/aromatic N) is 6. The minimum absolute atomic E-state index is 0.0725. The first-order valence-corrected chi connectivity index (χ1v) is 9.82. The van der Waals surface area contributed by atoms with Crippen LogP contribution in [0.15, 0.2) is 47.6 Å². The molecule has 1 aliphatic rings. The number of hydrogen-bond acceptors (Lipinski definition) is 8. The van der Waals surface area contributed by atoms with Gasteiger partial charge in [-0.15, -0.1) is 0 Å². The first-order valence-electron chi connectivity index (χ1n) is 9.82. The molecule has 1 aliphatic heterocycles. The maximum absolute atomic E-state index is 13.1. The topological polar surface area (TPSA) is 88.4 Å². The molecular weight excluding hydrogens is 468 g/mol. The Morgan fingerprint density at radius 2 is 1.79 bits per heavy atom. The Labute approximate surface area is 190 Å². The van der Waals surface area contributed by atoms with Crippen molar-refractivity contribution in [2.45, 2.75) is 12.4 Å². The average molecular weight is 487 g/mol. The molecule has 14 heteroatoms. The van der Waals surface area contributed by atoms with Crippen molar-refractivity contribution >= 4 is 17.6 Å². The number of anilines is 1. The normalized spacial score (nSPS) is 15.9. The quantitative estimate of drug-likeness (QED) is 0.491. The molecule has 0 radical (unpaired) electrons. The standard InChI is InChI=1S/C20H19F6N7O/c1-3-12(11-15(27-2)20(24,25)26)28-17-30-16(13-5-4-6-14(29-13)19(21,22)23)31-18(32-17)33-7-9-34-10-8-33/h3-6,11,27H,1,7-10H2,2H3. The van der Waals surface area contributed by atoms with Crippen molar-refractivity contribution in [3.05, 3.63) is 48.3 Å². The molecular formula is C20H19F6N7O. The Bertz CT molecular complexity index is 1090. The van der Waals surface area contributed by atoms with Crippen LogP contribution in [0.3, 0.4) is 0 Å². The fourth-order valence-corrected chi connectivity index (χ4v) is 2.84. The monoisotopic (exact) mass is 487 g/mol. The molecule has 0 spiro atoms. The van der Waals surface area contributed by atoms with Gasteiger partial charge in [0.25, 0.3) is 5.95 Å². The Kier molecular flexibility index (Phi) is 7.49. The highest BCUT2D eigenvalue weighted by molar-refractivity contribution is 6.05. The Morgan fingerprint density at radius 1 is 1.09 bits per heavy atom. The molecule has 0 atom stereocenters. The van der Waals surface area contributed by atoms with Gasteiger partial charge in [0.05, 0.1) is 18.9 Å². The second-order valence-corrected chi connectivity index (χ2v) is 6.81. The molecule has 3 heterocycles. The van der Waals surface area contributed by atoms with Gasteiger partial charge in [-0.2, -0.15) is 41.3 Å². The number of hydrogen-bond donors (Lipinski definition) is 1. The van der Waals surface area contributed by atoms with E-state index in [2.05, 4.69) is 31.5 Å². The number of aliphatic imine (C=N–C) groups is 1. The summed E-state index contributed by atoms with van der Waals surface area (Å²) in [6, 6.07) is 3.22. The number of nitrogens with one attached hydrogen (secondary N) is 1. The molecule has 34 heavy (non-hydrogen) atoms. The number of rotatable bonds is 6. The van der Waals surface area contributed by atoms with Crippen LogP contribution in [0.5, 0.6) is 0 Å². The van der Waals surface area contributed by atoms with E-state index < -0.39 is 23.7 Å². The van der Waals surface area contributed by atoms with Crippen LogP contribution in [0.25, 0.3) is 11.5 Å². The predicted molar refractivity (Wildman–Crippen MR) is 112 cm³/mol. The minimum Gasteiger partial charge on any atom is -0.384 e. The van der Waals surface area contributed by atoms with Crippen molar-refractivity contribution in [3.8, 4) is 11.5 Å². The van der Waals surface area contributed by atoms with Crippen LogP contribution < -0.4 is 10.2 Å². The van der Waals surface area contributed by atoms with Gasteiger partial charge in [0.15, 0.2) is 5.82 Å². The Balaban J connectivity index is 2.13. The highest BCUT2D eigenvalue weighted by atomic mass is 19.4. The van der Waals surface area contributed by atoms with Gasteiger partial charge in [-0.25, -0.2) is 9.98 Å². The molecule has 0 amide bonds. The third-order valence-corrected chi connectivity index (χ3v) is 4.48. The number of halogens is 6. The zero-order chi connectivity index (χ0) is 24.9. The lowest BCUT2D eigenvalue weighted by atomic mass is 10.2. The largest absolute Gasteiger partial charge is 0.433 e. The summed E-state index contributed by atoms with van der Waals surface area (Å²) >= 11 is 0. The molecule has 0 saturated carbocycles. The lowest BCUT2D eigenvalue weighted by Gasteiger charge is -2.26. The van der Waals surface area contributed by atoms with E-state index in [0.717, 1.165) is 25.3 Å². The van der Waals surface area contributed by atoms with Crippen LogP contribution in [0, 0.1) is 0 Å². The van der Waals surface area contributed by atoms with E-state index in [4.69, 9.17) is 4.74 Å². The second-order valence-electron chi connectivity index (χ2n) is 6.81. The van der Waals surface area contributed by atoms with Crippen LogP contribution in [-0.4, -0.2) is 65.2 Å². The predicted octanol–water partition coefficient (Wildman–Crippen LogP) is 3.71. The number of aromatic nitrogens is 4. The fourth-order valence-electron chi connectivity index (χ4n) is 2.84. The fraction of sp³-hybridized carbons (Fsp3) is 0.350. The summed E-state index contributed by atoms with van der Waals surface area (Å²) in [7, 11) is 1.09. The molecule has 0 aromatic carbocycles. The molecule has 0 bridgehead atoms. The van der Waals surface area contributed by atoms with Crippen LogP contribution >= 0.6 is 0 Å². The summed E-state index contributed by atoms with van der Waals surface area (Å²) in [6.07, 6.45) is -7.61. The zero-order valence-electron chi connectivity index (χ0n) is 17.8. The molecule has 0 aliphatic carbocycles. The van der Waals surface area contributed by atoms with E-state index in [1.807, 2.05) is 5.32 Å². The summed E-state index contributed by atoms with van der Waals surface area (Å²) < 4.78 is 84.0. The zero-order valence-corrected chi connectivity index (χ0v) is 17.8. The third kappa shape index (κ3) is 6.27. The van der Waals surface area contributed by atoms with Gasteiger partial charge in [0, 0.05) is 20.1 Å². The third-order valence-electron chi connectivity index (χ3n) is 4.48. The second kappa shape index (κ2) is 10.2. The first kappa shape index (κ1) is 25.1. The highest BCUT2D eigenvalue weighted by Crippen LogP contribution is 2.29. The summed E-state index contributed by atoms with van der Waals surface area (Å²) in [5.41, 5.74) is -2.68. The smallest absolute Gasteiger partial charge is 0.384 e. The number of morpholine rings is 1. The van der Waals surface area contributed by atoms with Crippen LogP contribution in [0.2, 0.25) is 0 Å². The Morgan fingerprint density at radius 3 is 2.38 bits per heavy atom. The van der Waals surface area contributed by atoms with Gasteiger partial charge in [0.1, 0.15) is 17.1 Å². The first-order chi connectivity index (χ1) is 16.0. The number of allylic oxidation sites excluding steroid dienone is 3. The molecule has 2 aromatic rings. The molecule has 182 valence electrons. The number of alkyl halides is 6. The summed E-state index contributed by atoms with van der Waals surface area (Å²) in [6.45, 7) is 4.94. The van der Waals surface area contributed by atoms with E-state index in [1.54, 1.807) is 4.90 Å². The number of ether oxygens (including phenoxy) is 1. The van der Waals surface area contributed by atoms with E-state index >= 15 is 0 Å². The summed E-state index contributed by atoms with van der Waals surface area (Å²) in [4.78, 5) is 21.7. The lowest BCUT2D eigenvalue weighted by molar-refractivity contribution is -0.141. The van der Waals surface area contributed by atoms with Crippen molar-refractivity contribution in [1.82, 2.24) is 25.3 Å². The van der Waals surface area contributed by atoms with Crippen molar-refractivity contribution in [3.63, 3.8) is 0 Å². The molecule has 0 unspecified atom stereocenters. The molecule has 1 saturated heterocycles. The molecule has 2 aromatic heterocycles. The summed E-state index contributed by atoms with van der Waals surface area (Å²) in [5.74, 6) is -0.476. The average Bonchev–Trinajstić information content (AvgIpc) is 2.80. The SMILES string of the molecule is C=CC(C=C(NC)C(F)(F)F)=Nc1nc(-c2cccc(C(F)(F)F)n2)nc(N2CCOCC2)n1. The van der Waals surface area contributed by atoms with E-state index in [-0.39, 0.29) is 29.1 Å². The maximum Gasteiger partial charge on any atom is 0.433 e. The van der Waals surface area contributed by atoms with Crippen LogP contribution in [0.1, 0.15) is 5.69 Å². The van der Waals surface area contributed by atoms with Crippen molar-refractivity contribution < 1.29 is 31.1 Å². The molecule has 1 N–H and O–H groups in total. The Hall–Kier alpha value is -3.55. The van der Waals surface area contributed by atoms with Crippen LogP contribution in [0.4, 0.5) is 38.2 Å². The lowest BCUT2D eigenvalue weighted by Crippen LogP contribution is -2.37. The number of pyridine rings is 1. The van der Waals surface area contributed by atoms with Crippen LogP contribution in [-0.2, 0) is 10.9 Å². The van der Waals surface area contributed by atoms with E-state index in [1.165, 1.54) is 6.07 Å². The molecule has 1 fully saturated rings. The molecule has 8 nitrogen and oxygen atoms in total. The van der Waals surface area contributed by atoms with Gasteiger partial charge in [-0.1, -0.05) is 12.6 Å². The summed E-state index contributed by atoms with van der Waals surface area (Å²) in [5, 5.41) is 2.03. The van der Waals surface area contributed by atoms with Crippen molar-refractivity contribution in [2.24, 2.45) is 4.99 Å². The van der Waals surface area contributed by atoms with Gasteiger partial charge in [0.2, 0.25) is 5.95 Å².